The molecule has 0 radical (unpaired) electrons. The molecule has 0 saturated carbocycles. The topological polar surface area (TPSA) is 65.1 Å². The summed E-state index contributed by atoms with van der Waals surface area (Å²) < 4.78 is 15.9. The van der Waals surface area contributed by atoms with Crippen LogP contribution in [0.15, 0.2) is 115 Å². The fourth-order valence-electron chi connectivity index (χ4n) is 3.71. The number of benzene rings is 3. The monoisotopic (exact) mass is 467 g/mol. The normalized spacial score (nSPS) is 12.8. The molecule has 0 saturated heterocycles. The van der Waals surface area contributed by atoms with Crippen LogP contribution in [0.5, 0.6) is 5.75 Å². The summed E-state index contributed by atoms with van der Waals surface area (Å²) in [4.78, 5) is 26.7. The zero-order chi connectivity index (χ0) is 24.6. The van der Waals surface area contributed by atoms with Gasteiger partial charge in [-0.1, -0.05) is 60.7 Å². The van der Waals surface area contributed by atoms with Crippen LogP contribution < -0.4 is 9.64 Å². The van der Waals surface area contributed by atoms with Gasteiger partial charge < -0.3 is 19.1 Å². The third-order valence-corrected chi connectivity index (χ3v) is 5.43. The van der Waals surface area contributed by atoms with Crippen molar-refractivity contribution in [3.63, 3.8) is 0 Å². The molecular weight excluding hydrogens is 442 g/mol. The average molecular weight is 468 g/mol. The predicted octanol–water partition coefficient (Wildman–Crippen LogP) is 5.42. The number of nitrogens with zero attached hydrogens (tertiary/aromatic N) is 1. The van der Waals surface area contributed by atoms with Crippen LogP contribution in [0.4, 0.5) is 5.69 Å². The number of hydrogen-bond donors (Lipinski definition) is 0. The summed E-state index contributed by atoms with van der Waals surface area (Å²) in [6, 6.07) is 25.4. The third-order valence-electron chi connectivity index (χ3n) is 5.43. The van der Waals surface area contributed by atoms with Gasteiger partial charge in [0, 0.05) is 11.9 Å². The Hall–Kier alpha value is -4.58. The minimum Gasteiger partial charge on any atom is -0.489 e. The number of anilines is 1. The first kappa shape index (κ1) is 23.6. The molecule has 0 N–H and O–H groups in total. The molecule has 35 heavy (non-hydrogen) atoms. The van der Waals surface area contributed by atoms with Gasteiger partial charge in [0.25, 0.3) is 0 Å². The Balaban J connectivity index is 1.67. The van der Waals surface area contributed by atoms with Crippen LogP contribution in [0.1, 0.15) is 5.56 Å². The van der Waals surface area contributed by atoms with Gasteiger partial charge in [0.05, 0.1) is 19.8 Å². The number of carbonyl (C=O) groups is 2. The Morgan fingerprint density at radius 3 is 2.23 bits per heavy atom. The van der Waals surface area contributed by atoms with E-state index in [-0.39, 0.29) is 11.3 Å². The van der Waals surface area contributed by atoms with E-state index in [2.05, 4.69) is 0 Å². The van der Waals surface area contributed by atoms with Gasteiger partial charge in [-0.2, -0.15) is 0 Å². The summed E-state index contributed by atoms with van der Waals surface area (Å²) in [5.41, 5.74) is 3.81. The van der Waals surface area contributed by atoms with Crippen molar-refractivity contribution in [2.45, 2.75) is 6.61 Å². The number of allylic oxidation sites excluding steroid dienone is 2. The summed E-state index contributed by atoms with van der Waals surface area (Å²) in [6.07, 6.45) is 6.65. The highest BCUT2D eigenvalue weighted by molar-refractivity contribution is 6.05. The first-order chi connectivity index (χ1) is 17.1. The lowest BCUT2D eigenvalue weighted by Gasteiger charge is -2.23. The number of rotatable bonds is 7. The molecule has 0 aliphatic carbocycles. The maximum absolute atomic E-state index is 12.7. The van der Waals surface area contributed by atoms with Gasteiger partial charge in [-0.3, -0.25) is 0 Å². The van der Waals surface area contributed by atoms with E-state index >= 15 is 0 Å². The maximum Gasteiger partial charge on any atom is 0.355 e. The molecule has 3 aromatic carbocycles. The van der Waals surface area contributed by atoms with E-state index in [1.807, 2.05) is 78.9 Å². The zero-order valence-electron chi connectivity index (χ0n) is 19.5. The number of methoxy groups -OCH3 is 2. The van der Waals surface area contributed by atoms with Crippen molar-refractivity contribution < 1.29 is 23.8 Å². The molecule has 176 valence electrons. The molecular formula is C29H25NO5. The highest BCUT2D eigenvalue weighted by Crippen LogP contribution is 2.31. The lowest BCUT2D eigenvalue weighted by molar-refractivity contribution is -0.139. The van der Waals surface area contributed by atoms with Crippen molar-refractivity contribution in [3.8, 4) is 16.9 Å². The lowest BCUT2D eigenvalue weighted by atomic mass is 10.0. The van der Waals surface area contributed by atoms with Crippen molar-refractivity contribution >= 4 is 17.6 Å². The van der Waals surface area contributed by atoms with Gasteiger partial charge >= 0.3 is 11.9 Å². The average Bonchev–Trinajstić information content (AvgIpc) is 3.15. The first-order valence-electron chi connectivity index (χ1n) is 11.0. The largest absolute Gasteiger partial charge is 0.489 e. The van der Waals surface area contributed by atoms with Gasteiger partial charge in [0.2, 0.25) is 0 Å². The fourth-order valence-corrected chi connectivity index (χ4v) is 3.71. The van der Waals surface area contributed by atoms with E-state index in [1.54, 1.807) is 23.3 Å². The van der Waals surface area contributed by atoms with Crippen molar-refractivity contribution in [2.24, 2.45) is 0 Å². The van der Waals surface area contributed by atoms with E-state index in [4.69, 9.17) is 14.2 Å². The molecule has 0 aromatic heterocycles. The number of hydrogen-bond acceptors (Lipinski definition) is 6. The molecule has 3 aromatic rings. The molecule has 0 bridgehead atoms. The molecule has 4 rings (SSSR count). The van der Waals surface area contributed by atoms with Crippen molar-refractivity contribution in [3.05, 3.63) is 120 Å². The highest BCUT2D eigenvalue weighted by Gasteiger charge is 2.27. The van der Waals surface area contributed by atoms with Crippen molar-refractivity contribution in [1.29, 1.82) is 0 Å². The maximum atomic E-state index is 12.7. The molecule has 0 atom stereocenters. The summed E-state index contributed by atoms with van der Waals surface area (Å²) in [5, 5.41) is 0. The molecule has 1 aliphatic rings. The van der Waals surface area contributed by atoms with Crippen LogP contribution in [-0.2, 0) is 25.7 Å². The SMILES string of the molecule is COC(=O)C1=C(C(=O)OC)N(c2cccc(-c3cccc(OCc4ccccc4)c3)c2)C=CC=C1. The second-order valence-corrected chi connectivity index (χ2v) is 7.67. The van der Waals surface area contributed by atoms with Crippen LogP contribution in [-0.4, -0.2) is 26.2 Å². The summed E-state index contributed by atoms with van der Waals surface area (Å²) in [7, 11) is 2.55. The highest BCUT2D eigenvalue weighted by atomic mass is 16.5. The smallest absolute Gasteiger partial charge is 0.355 e. The van der Waals surface area contributed by atoms with E-state index in [0.29, 0.717) is 12.3 Å². The fraction of sp³-hybridized carbons (Fsp3) is 0.103. The Kier molecular flexibility index (Phi) is 7.43. The Bertz CT molecular complexity index is 1310. The second-order valence-electron chi connectivity index (χ2n) is 7.67. The molecule has 6 nitrogen and oxygen atoms in total. The molecule has 6 heteroatoms. The molecule has 0 spiro atoms. The van der Waals surface area contributed by atoms with Gasteiger partial charge in [0.15, 0.2) is 0 Å². The van der Waals surface area contributed by atoms with Crippen molar-refractivity contribution in [1.82, 2.24) is 0 Å². The van der Waals surface area contributed by atoms with E-state index in [0.717, 1.165) is 22.4 Å². The van der Waals surface area contributed by atoms with Gasteiger partial charge in [-0.25, -0.2) is 9.59 Å². The quantitative estimate of drug-likeness (QED) is 0.432. The van der Waals surface area contributed by atoms with Crippen molar-refractivity contribution in [2.75, 3.05) is 19.1 Å². The van der Waals surface area contributed by atoms with E-state index < -0.39 is 11.9 Å². The summed E-state index contributed by atoms with van der Waals surface area (Å²) in [5.74, 6) is -0.531. The minimum atomic E-state index is -0.650. The lowest BCUT2D eigenvalue weighted by Crippen LogP contribution is -2.26. The van der Waals surface area contributed by atoms with Gasteiger partial charge in [-0.15, -0.1) is 0 Å². The zero-order valence-corrected chi connectivity index (χ0v) is 19.5. The minimum absolute atomic E-state index is 0.0708. The molecule has 1 heterocycles. The third kappa shape index (κ3) is 5.50. The van der Waals surface area contributed by atoms with Crippen LogP contribution in [0.25, 0.3) is 11.1 Å². The Morgan fingerprint density at radius 1 is 0.771 bits per heavy atom. The second kappa shape index (κ2) is 11.0. The molecule has 0 unspecified atom stereocenters. The standard InChI is InChI=1S/C29H25NO5/c1-33-28(31)26-16-6-7-17-30(27(26)29(32)34-2)24-14-8-12-22(18-24)23-13-9-15-25(19-23)35-20-21-10-4-3-5-11-21/h3-19H,20H2,1-2H3. The number of ether oxygens (including phenoxy) is 3. The van der Waals surface area contributed by atoms with Crippen LogP contribution in [0.2, 0.25) is 0 Å². The first-order valence-corrected chi connectivity index (χ1v) is 11.0. The van der Waals surface area contributed by atoms with Crippen LogP contribution >= 0.6 is 0 Å². The molecule has 0 fully saturated rings. The van der Waals surface area contributed by atoms with Gasteiger partial charge in [-0.05, 0) is 53.1 Å². The summed E-state index contributed by atoms with van der Waals surface area (Å²) in [6.45, 7) is 0.472. The predicted molar refractivity (Wildman–Crippen MR) is 134 cm³/mol. The summed E-state index contributed by atoms with van der Waals surface area (Å²) >= 11 is 0. The van der Waals surface area contributed by atoms with Gasteiger partial charge in [0.1, 0.15) is 18.1 Å². The van der Waals surface area contributed by atoms with E-state index in [1.165, 1.54) is 20.3 Å². The number of esters is 2. The Labute approximate surface area is 204 Å². The van der Waals surface area contributed by atoms with Crippen LogP contribution in [0, 0.1) is 0 Å². The number of carbonyl (C=O) groups excluding carboxylic acids is 2. The van der Waals surface area contributed by atoms with E-state index in [9.17, 15) is 9.59 Å². The Morgan fingerprint density at radius 2 is 1.49 bits per heavy atom. The van der Waals surface area contributed by atoms with Crippen LogP contribution in [0.3, 0.4) is 0 Å². The molecule has 0 amide bonds. The molecule has 1 aliphatic heterocycles.